The molecule has 3 aromatic carbocycles. The van der Waals surface area contributed by atoms with Gasteiger partial charge in [-0.1, -0.05) is 6.07 Å². The Hall–Kier alpha value is -3.57. The Balaban J connectivity index is 1.84. The lowest BCUT2D eigenvalue weighted by atomic mass is 9.79. The summed E-state index contributed by atoms with van der Waals surface area (Å²) in [6.07, 6.45) is -4.70. The average molecular weight is 536 g/mol. The van der Waals surface area contributed by atoms with Crippen LogP contribution in [0.2, 0.25) is 0 Å². The molecule has 3 nitrogen and oxygen atoms in total. The van der Waals surface area contributed by atoms with Crippen molar-refractivity contribution in [1.29, 1.82) is 0 Å². The molecule has 0 heterocycles. The number of rotatable bonds is 7. The number of halogens is 9. The SMILES string of the molecule is CCOc1ccc(OC(F)(F)c2ccc3c(c2F)C(F)(F)C(F)(F)c2c-3ccc(OCC)c2F)cc1F. The van der Waals surface area contributed by atoms with Gasteiger partial charge in [-0.05, 0) is 55.3 Å². The second kappa shape index (κ2) is 9.07. The number of benzene rings is 3. The van der Waals surface area contributed by atoms with Crippen molar-refractivity contribution in [2.45, 2.75) is 31.8 Å². The Kier molecular flexibility index (Phi) is 6.49. The van der Waals surface area contributed by atoms with Gasteiger partial charge in [-0.3, -0.25) is 0 Å². The summed E-state index contributed by atoms with van der Waals surface area (Å²) in [5, 5.41) is 0. The van der Waals surface area contributed by atoms with Crippen LogP contribution in [-0.4, -0.2) is 13.2 Å². The van der Waals surface area contributed by atoms with Crippen LogP contribution in [0.1, 0.15) is 30.5 Å². The van der Waals surface area contributed by atoms with Gasteiger partial charge in [-0.15, -0.1) is 0 Å². The molecule has 0 spiro atoms. The molecule has 0 amide bonds. The predicted octanol–water partition coefficient (Wildman–Crippen LogP) is 7.89. The van der Waals surface area contributed by atoms with Gasteiger partial charge in [0.15, 0.2) is 23.1 Å². The van der Waals surface area contributed by atoms with Crippen molar-refractivity contribution in [2.24, 2.45) is 0 Å². The van der Waals surface area contributed by atoms with Crippen LogP contribution in [0.3, 0.4) is 0 Å². The van der Waals surface area contributed by atoms with E-state index in [1.54, 1.807) is 6.92 Å². The first-order valence-corrected chi connectivity index (χ1v) is 10.8. The van der Waals surface area contributed by atoms with Crippen LogP contribution < -0.4 is 14.2 Å². The molecule has 1 aliphatic carbocycles. The van der Waals surface area contributed by atoms with Gasteiger partial charge in [-0.25, -0.2) is 13.2 Å². The Morgan fingerprint density at radius 2 is 1.22 bits per heavy atom. The minimum absolute atomic E-state index is 0.0619. The molecule has 37 heavy (non-hydrogen) atoms. The Morgan fingerprint density at radius 3 is 1.78 bits per heavy atom. The highest BCUT2D eigenvalue weighted by molar-refractivity contribution is 5.77. The maximum Gasteiger partial charge on any atom is 0.429 e. The average Bonchev–Trinajstić information content (AvgIpc) is 2.80. The van der Waals surface area contributed by atoms with Crippen LogP contribution in [0.15, 0.2) is 42.5 Å². The highest BCUT2D eigenvalue weighted by Gasteiger charge is 2.66. The van der Waals surface area contributed by atoms with Gasteiger partial charge in [0.1, 0.15) is 17.1 Å². The fourth-order valence-corrected chi connectivity index (χ4v) is 4.02. The van der Waals surface area contributed by atoms with Crippen LogP contribution in [0.4, 0.5) is 39.5 Å². The maximum atomic E-state index is 15.2. The van der Waals surface area contributed by atoms with E-state index in [0.717, 1.165) is 24.3 Å². The third kappa shape index (κ3) is 4.11. The van der Waals surface area contributed by atoms with E-state index in [0.29, 0.717) is 18.2 Å². The predicted molar refractivity (Wildman–Crippen MR) is 113 cm³/mol. The molecule has 1 aliphatic rings. The van der Waals surface area contributed by atoms with E-state index in [-0.39, 0.29) is 19.0 Å². The third-order valence-corrected chi connectivity index (χ3v) is 5.62. The lowest BCUT2D eigenvalue weighted by molar-refractivity contribution is -0.228. The Bertz CT molecular complexity index is 1360. The number of hydrogen-bond acceptors (Lipinski definition) is 3. The minimum Gasteiger partial charge on any atom is -0.491 e. The molecule has 0 radical (unpaired) electrons. The van der Waals surface area contributed by atoms with Gasteiger partial charge in [0.05, 0.1) is 24.3 Å². The Labute approximate surface area is 204 Å². The van der Waals surface area contributed by atoms with Gasteiger partial charge < -0.3 is 14.2 Å². The van der Waals surface area contributed by atoms with Gasteiger partial charge in [0.2, 0.25) is 0 Å². The van der Waals surface area contributed by atoms with Crippen LogP contribution in [0, 0.1) is 17.5 Å². The van der Waals surface area contributed by atoms with E-state index in [1.165, 1.54) is 6.92 Å². The van der Waals surface area contributed by atoms with Crippen molar-refractivity contribution in [3.8, 4) is 28.4 Å². The van der Waals surface area contributed by atoms with Crippen molar-refractivity contribution in [3.63, 3.8) is 0 Å². The van der Waals surface area contributed by atoms with Gasteiger partial charge in [0.25, 0.3) is 0 Å². The fourth-order valence-electron chi connectivity index (χ4n) is 4.02. The molecule has 0 bridgehead atoms. The summed E-state index contributed by atoms with van der Waals surface area (Å²) in [6.45, 7) is 2.84. The third-order valence-electron chi connectivity index (χ3n) is 5.62. The fraction of sp³-hybridized carbons (Fsp3) is 0.280. The molecule has 0 saturated heterocycles. The largest absolute Gasteiger partial charge is 0.491 e. The summed E-state index contributed by atoms with van der Waals surface area (Å²) in [5.41, 5.74) is -7.37. The zero-order valence-electron chi connectivity index (χ0n) is 19.1. The summed E-state index contributed by atoms with van der Waals surface area (Å²) in [4.78, 5) is 0. The quantitative estimate of drug-likeness (QED) is 0.288. The van der Waals surface area contributed by atoms with E-state index in [1.807, 2.05) is 0 Å². The maximum absolute atomic E-state index is 15.2. The Morgan fingerprint density at radius 1 is 0.703 bits per heavy atom. The topological polar surface area (TPSA) is 27.7 Å². The van der Waals surface area contributed by atoms with Crippen LogP contribution in [0.5, 0.6) is 17.2 Å². The summed E-state index contributed by atoms with van der Waals surface area (Å²) in [6, 6.07) is 4.86. The summed E-state index contributed by atoms with van der Waals surface area (Å²) in [7, 11) is 0. The van der Waals surface area contributed by atoms with Gasteiger partial charge in [0, 0.05) is 6.07 Å². The highest BCUT2D eigenvalue weighted by atomic mass is 19.3. The van der Waals surface area contributed by atoms with E-state index in [2.05, 4.69) is 4.74 Å². The number of fused-ring (bicyclic) bond motifs is 3. The van der Waals surface area contributed by atoms with E-state index >= 15 is 13.2 Å². The van der Waals surface area contributed by atoms with Gasteiger partial charge >= 0.3 is 18.0 Å². The summed E-state index contributed by atoms with van der Waals surface area (Å²) in [5.74, 6) is -17.9. The van der Waals surface area contributed by atoms with E-state index in [9.17, 15) is 26.3 Å². The molecule has 0 saturated carbocycles. The van der Waals surface area contributed by atoms with Crippen molar-refractivity contribution < 1.29 is 53.7 Å². The molecule has 4 rings (SSSR count). The highest BCUT2D eigenvalue weighted by Crippen LogP contribution is 2.60. The number of ether oxygens (including phenoxy) is 3. The molecule has 0 unspecified atom stereocenters. The first-order chi connectivity index (χ1) is 17.3. The van der Waals surface area contributed by atoms with Gasteiger partial charge in [-0.2, -0.15) is 26.3 Å². The normalized spacial score (nSPS) is 15.5. The molecular weight excluding hydrogens is 519 g/mol. The molecule has 0 aliphatic heterocycles. The first kappa shape index (κ1) is 26.5. The zero-order valence-corrected chi connectivity index (χ0v) is 19.1. The van der Waals surface area contributed by atoms with E-state index < -0.39 is 74.7 Å². The molecule has 0 N–H and O–H groups in total. The van der Waals surface area contributed by atoms with Crippen LogP contribution >= 0.6 is 0 Å². The molecule has 198 valence electrons. The van der Waals surface area contributed by atoms with E-state index in [4.69, 9.17) is 9.47 Å². The number of alkyl halides is 6. The second-order valence-corrected chi connectivity index (χ2v) is 7.88. The van der Waals surface area contributed by atoms with Crippen molar-refractivity contribution in [1.82, 2.24) is 0 Å². The standard InChI is InChI=1S/C25H17F9O3/c1-3-35-17-9-5-12(11-16(17)26)37-25(33,34)15-8-6-13-14-7-10-18(36-4-2)22(28)20(14)24(31,32)23(29,30)19(13)21(15)27/h5-11H,3-4H2,1-2H3. The number of hydrogen-bond donors (Lipinski definition) is 0. The molecular formula is C25H17F9O3. The summed E-state index contributed by atoms with van der Waals surface area (Å²) >= 11 is 0. The van der Waals surface area contributed by atoms with Crippen LogP contribution in [-0.2, 0) is 18.0 Å². The lowest BCUT2D eigenvalue weighted by Crippen LogP contribution is -2.41. The first-order valence-electron chi connectivity index (χ1n) is 10.8. The molecule has 0 fully saturated rings. The zero-order chi connectivity index (χ0) is 27.3. The van der Waals surface area contributed by atoms with Crippen molar-refractivity contribution >= 4 is 0 Å². The molecule has 3 aromatic rings. The lowest BCUT2D eigenvalue weighted by Gasteiger charge is -2.36. The molecule has 12 heteroatoms. The van der Waals surface area contributed by atoms with Crippen LogP contribution in [0.25, 0.3) is 11.1 Å². The smallest absolute Gasteiger partial charge is 0.429 e. The minimum atomic E-state index is -5.44. The van der Waals surface area contributed by atoms with Crippen molar-refractivity contribution in [3.05, 3.63) is 76.6 Å². The molecule has 0 atom stereocenters. The molecule has 0 aromatic heterocycles. The monoisotopic (exact) mass is 536 g/mol. The second-order valence-electron chi connectivity index (χ2n) is 7.88. The van der Waals surface area contributed by atoms with Crippen molar-refractivity contribution in [2.75, 3.05) is 13.2 Å². The summed E-state index contributed by atoms with van der Waals surface area (Å²) < 4.78 is 148.